The number of piperidine rings is 1. The van der Waals surface area contributed by atoms with Crippen LogP contribution >= 0.6 is 12.2 Å². The smallest absolute Gasteiger partial charge is 0.225 e. The van der Waals surface area contributed by atoms with Crippen LogP contribution in [0.25, 0.3) is 0 Å². The Balaban J connectivity index is 2.18. The Bertz CT molecular complexity index is 442. The number of hydrogen-bond donors (Lipinski definition) is 1. The van der Waals surface area contributed by atoms with Crippen LogP contribution < -0.4 is 4.90 Å². The van der Waals surface area contributed by atoms with Crippen molar-refractivity contribution in [3.8, 4) is 0 Å². The Morgan fingerprint density at radius 1 is 1.39 bits per heavy atom. The summed E-state index contributed by atoms with van der Waals surface area (Å²) < 4.78 is 2.80. The van der Waals surface area contributed by atoms with Crippen molar-refractivity contribution in [2.24, 2.45) is 0 Å². The van der Waals surface area contributed by atoms with E-state index in [4.69, 9.17) is 12.2 Å². The van der Waals surface area contributed by atoms with Crippen molar-refractivity contribution in [2.45, 2.75) is 38.8 Å². The molecular weight excluding hydrogens is 246 g/mol. The number of nitrogens with one attached hydrogen (secondary N) is 1. The van der Waals surface area contributed by atoms with E-state index < -0.39 is 0 Å². The first-order valence-electron chi connectivity index (χ1n) is 6.59. The number of H-pyrrole nitrogens is 1. The van der Waals surface area contributed by atoms with E-state index in [1.54, 1.807) is 0 Å². The zero-order chi connectivity index (χ0) is 13.3. The molecule has 5 nitrogen and oxygen atoms in total. The second kappa shape index (κ2) is 5.40. The molecule has 2 heterocycles. The van der Waals surface area contributed by atoms with Gasteiger partial charge >= 0.3 is 0 Å². The van der Waals surface area contributed by atoms with Gasteiger partial charge in [0.1, 0.15) is 0 Å². The highest BCUT2D eigenvalue weighted by atomic mass is 32.1. The molecule has 1 saturated heterocycles. The molecule has 18 heavy (non-hydrogen) atoms. The normalized spacial score (nSPS) is 18.5. The standard InChI is InChI=1S/C12H23N5S/c1-9(2)17-11(13-14-12(17)18)16(4)10-5-7-15(3)8-6-10/h9-10H,5-8H2,1-4H3,(H,14,18). The molecule has 0 radical (unpaired) electrons. The van der Waals surface area contributed by atoms with E-state index in [1.807, 2.05) is 0 Å². The van der Waals surface area contributed by atoms with E-state index in [9.17, 15) is 0 Å². The molecule has 0 spiro atoms. The van der Waals surface area contributed by atoms with Gasteiger partial charge in [0.25, 0.3) is 0 Å². The van der Waals surface area contributed by atoms with Crippen molar-refractivity contribution >= 4 is 18.2 Å². The maximum atomic E-state index is 5.30. The fourth-order valence-corrected chi connectivity index (χ4v) is 2.89. The molecule has 1 aromatic rings. The van der Waals surface area contributed by atoms with Crippen molar-refractivity contribution < 1.29 is 0 Å². The highest BCUT2D eigenvalue weighted by Gasteiger charge is 2.24. The SMILES string of the molecule is CC(C)n1c(N(C)C2CCN(C)CC2)n[nH]c1=S. The Morgan fingerprint density at radius 3 is 2.56 bits per heavy atom. The van der Waals surface area contributed by atoms with Crippen LogP contribution in [0.15, 0.2) is 0 Å². The van der Waals surface area contributed by atoms with Crippen LogP contribution in [0.5, 0.6) is 0 Å². The van der Waals surface area contributed by atoms with Crippen LogP contribution in [0.2, 0.25) is 0 Å². The van der Waals surface area contributed by atoms with Crippen molar-refractivity contribution in [3.05, 3.63) is 4.77 Å². The fourth-order valence-electron chi connectivity index (χ4n) is 2.56. The first-order chi connectivity index (χ1) is 8.50. The second-order valence-corrected chi connectivity index (χ2v) is 5.82. The average molecular weight is 269 g/mol. The predicted molar refractivity (Wildman–Crippen MR) is 76.7 cm³/mol. The molecule has 0 unspecified atom stereocenters. The summed E-state index contributed by atoms with van der Waals surface area (Å²) in [5.41, 5.74) is 0. The molecule has 1 aliphatic heterocycles. The zero-order valence-electron chi connectivity index (χ0n) is 11.7. The van der Waals surface area contributed by atoms with Gasteiger partial charge in [-0.05, 0) is 59.0 Å². The van der Waals surface area contributed by atoms with E-state index >= 15 is 0 Å². The Morgan fingerprint density at radius 2 is 2.00 bits per heavy atom. The molecule has 1 N–H and O–H groups in total. The molecule has 0 aromatic carbocycles. The third-order valence-corrected chi connectivity index (χ3v) is 4.04. The minimum absolute atomic E-state index is 0.333. The van der Waals surface area contributed by atoms with Crippen molar-refractivity contribution in [3.63, 3.8) is 0 Å². The first-order valence-corrected chi connectivity index (χ1v) is 6.99. The maximum Gasteiger partial charge on any atom is 0.225 e. The van der Waals surface area contributed by atoms with Crippen molar-refractivity contribution in [2.75, 3.05) is 32.1 Å². The summed E-state index contributed by atoms with van der Waals surface area (Å²) in [6, 6.07) is 0.892. The molecule has 2 rings (SSSR count). The molecular formula is C12H23N5S. The minimum atomic E-state index is 0.333. The summed E-state index contributed by atoms with van der Waals surface area (Å²) in [6.07, 6.45) is 2.37. The number of likely N-dealkylation sites (tertiary alicyclic amines) is 1. The number of hydrogen-bond acceptors (Lipinski definition) is 4. The van der Waals surface area contributed by atoms with Gasteiger partial charge in [0.15, 0.2) is 4.77 Å². The quantitative estimate of drug-likeness (QED) is 0.853. The molecule has 1 fully saturated rings. The predicted octanol–water partition coefficient (Wildman–Crippen LogP) is 2.05. The topological polar surface area (TPSA) is 40.1 Å². The highest BCUT2D eigenvalue weighted by Crippen LogP contribution is 2.22. The van der Waals surface area contributed by atoms with Gasteiger partial charge in [-0.15, -0.1) is 5.10 Å². The third kappa shape index (κ3) is 2.59. The maximum absolute atomic E-state index is 5.30. The molecule has 0 amide bonds. The minimum Gasteiger partial charge on any atom is -0.341 e. The monoisotopic (exact) mass is 269 g/mol. The molecule has 102 valence electrons. The van der Waals surface area contributed by atoms with Gasteiger partial charge in [0, 0.05) is 19.1 Å². The van der Waals surface area contributed by atoms with Crippen LogP contribution in [0.4, 0.5) is 5.95 Å². The lowest BCUT2D eigenvalue weighted by Crippen LogP contribution is -2.43. The number of anilines is 1. The van der Waals surface area contributed by atoms with E-state index in [1.165, 1.54) is 12.8 Å². The highest BCUT2D eigenvalue weighted by molar-refractivity contribution is 7.71. The lowest BCUT2D eigenvalue weighted by Gasteiger charge is -2.35. The molecule has 1 aliphatic rings. The Kier molecular flexibility index (Phi) is 4.07. The summed E-state index contributed by atoms with van der Waals surface area (Å²) in [6.45, 7) is 6.58. The number of nitrogens with zero attached hydrogens (tertiary/aromatic N) is 4. The van der Waals surface area contributed by atoms with Crippen LogP contribution in [-0.4, -0.2) is 52.9 Å². The van der Waals surface area contributed by atoms with E-state index in [2.05, 4.69) is 52.5 Å². The summed E-state index contributed by atoms with van der Waals surface area (Å²) in [7, 11) is 4.31. The lowest BCUT2D eigenvalue weighted by molar-refractivity contribution is 0.251. The van der Waals surface area contributed by atoms with Gasteiger partial charge in [-0.3, -0.25) is 4.57 Å². The van der Waals surface area contributed by atoms with E-state index in [-0.39, 0.29) is 0 Å². The van der Waals surface area contributed by atoms with Gasteiger partial charge in [0.2, 0.25) is 5.95 Å². The van der Waals surface area contributed by atoms with Gasteiger partial charge in [-0.2, -0.15) is 0 Å². The van der Waals surface area contributed by atoms with E-state index in [0.717, 1.165) is 19.0 Å². The average Bonchev–Trinajstić information content (AvgIpc) is 2.71. The van der Waals surface area contributed by atoms with Crippen LogP contribution in [-0.2, 0) is 0 Å². The summed E-state index contributed by atoms with van der Waals surface area (Å²) in [5.74, 6) is 0.963. The van der Waals surface area contributed by atoms with Crippen LogP contribution in [0.1, 0.15) is 32.7 Å². The largest absolute Gasteiger partial charge is 0.341 e. The summed E-state index contributed by atoms with van der Waals surface area (Å²) in [4.78, 5) is 4.66. The van der Waals surface area contributed by atoms with Crippen molar-refractivity contribution in [1.29, 1.82) is 0 Å². The number of aromatic amines is 1. The third-order valence-electron chi connectivity index (χ3n) is 3.75. The van der Waals surface area contributed by atoms with Crippen molar-refractivity contribution in [1.82, 2.24) is 19.7 Å². The molecule has 0 aliphatic carbocycles. The second-order valence-electron chi connectivity index (χ2n) is 5.44. The fraction of sp³-hybridized carbons (Fsp3) is 0.833. The van der Waals surface area contributed by atoms with Crippen LogP contribution in [0, 0.1) is 4.77 Å². The first kappa shape index (κ1) is 13.5. The van der Waals surface area contributed by atoms with E-state index in [0.29, 0.717) is 16.9 Å². The van der Waals surface area contributed by atoms with Gasteiger partial charge in [-0.25, -0.2) is 5.10 Å². The summed E-state index contributed by atoms with van der Waals surface area (Å²) >= 11 is 5.30. The Hall–Kier alpha value is -0.880. The van der Waals surface area contributed by atoms with Crippen LogP contribution in [0.3, 0.4) is 0 Å². The molecule has 6 heteroatoms. The number of aromatic nitrogens is 3. The molecule has 1 aromatic heterocycles. The van der Waals surface area contributed by atoms with Gasteiger partial charge in [0.05, 0.1) is 0 Å². The zero-order valence-corrected chi connectivity index (χ0v) is 12.5. The molecule has 0 saturated carbocycles. The molecule has 0 atom stereocenters. The molecule has 0 bridgehead atoms. The number of rotatable bonds is 3. The Labute approximate surface area is 114 Å². The lowest BCUT2D eigenvalue weighted by atomic mass is 10.0. The van der Waals surface area contributed by atoms with Gasteiger partial charge < -0.3 is 9.80 Å². The van der Waals surface area contributed by atoms with Gasteiger partial charge in [-0.1, -0.05) is 0 Å². The summed E-state index contributed by atoms with van der Waals surface area (Å²) in [5, 5.41) is 7.30.